The summed E-state index contributed by atoms with van der Waals surface area (Å²) in [6, 6.07) is 1.97. The van der Waals surface area contributed by atoms with Crippen LogP contribution in [0.2, 0.25) is 0 Å². The van der Waals surface area contributed by atoms with Crippen molar-refractivity contribution in [3.8, 4) is 0 Å². The predicted molar refractivity (Wildman–Crippen MR) is 107 cm³/mol. The Hall–Kier alpha value is -2.64. The quantitative estimate of drug-likeness (QED) is 0.781. The fourth-order valence-corrected chi connectivity index (χ4v) is 4.49. The molecule has 8 nitrogen and oxygen atoms in total. The first-order valence-corrected chi connectivity index (χ1v) is 10.4. The third-order valence-electron chi connectivity index (χ3n) is 6.17. The third-order valence-corrected chi connectivity index (χ3v) is 6.17. The fraction of sp³-hybridized carbons (Fsp3) is 0.619. The summed E-state index contributed by atoms with van der Waals surface area (Å²) in [5.74, 6) is -0.0535. The van der Waals surface area contributed by atoms with Gasteiger partial charge in [0.25, 0.3) is 11.6 Å². The van der Waals surface area contributed by atoms with Crippen LogP contribution in [0.3, 0.4) is 0 Å². The Morgan fingerprint density at radius 2 is 2.03 bits per heavy atom. The van der Waals surface area contributed by atoms with Crippen molar-refractivity contribution in [2.24, 2.45) is 0 Å². The zero-order valence-electron chi connectivity index (χ0n) is 17.5. The van der Waals surface area contributed by atoms with E-state index in [4.69, 9.17) is 9.26 Å². The van der Waals surface area contributed by atoms with Gasteiger partial charge in [-0.3, -0.25) is 4.79 Å². The number of rotatable bonds is 4. The molecule has 0 N–H and O–H groups in total. The second-order valence-corrected chi connectivity index (χ2v) is 8.37. The van der Waals surface area contributed by atoms with Crippen molar-refractivity contribution in [1.29, 1.82) is 0 Å². The summed E-state index contributed by atoms with van der Waals surface area (Å²) in [6.45, 7) is 9.55. The minimum atomic E-state index is -0.480. The summed E-state index contributed by atoms with van der Waals surface area (Å²) in [5.41, 5.74) is 1.87. The third kappa shape index (κ3) is 3.45. The van der Waals surface area contributed by atoms with Crippen molar-refractivity contribution in [3.63, 3.8) is 0 Å². The number of piperidine rings is 1. The van der Waals surface area contributed by atoms with Gasteiger partial charge in [0.15, 0.2) is 0 Å². The molecule has 0 bridgehead atoms. The monoisotopic (exact) mass is 400 g/mol. The van der Waals surface area contributed by atoms with Crippen molar-refractivity contribution in [2.45, 2.75) is 65.0 Å². The molecule has 0 aliphatic carbocycles. The molecule has 0 saturated carbocycles. The predicted octanol–water partition coefficient (Wildman–Crippen LogP) is 3.46. The molecule has 1 atom stereocenters. The number of carbonyl (C=O) groups is 2. The van der Waals surface area contributed by atoms with Gasteiger partial charge in [0.2, 0.25) is 0 Å². The highest BCUT2D eigenvalue weighted by molar-refractivity contribution is 6.06. The number of nitrogens with zero attached hydrogens (tertiary/aromatic N) is 4. The molecule has 4 heterocycles. The van der Waals surface area contributed by atoms with Gasteiger partial charge in [-0.15, -0.1) is 0 Å². The lowest BCUT2D eigenvalue weighted by Crippen LogP contribution is -2.49. The van der Waals surface area contributed by atoms with Crippen LogP contribution in [0.15, 0.2) is 10.6 Å². The molecule has 29 heavy (non-hydrogen) atoms. The van der Waals surface area contributed by atoms with Crippen molar-refractivity contribution < 1.29 is 18.8 Å². The molecule has 8 heteroatoms. The number of ether oxygens (including phenoxy) is 1. The first kappa shape index (κ1) is 19.7. The molecule has 2 aliphatic heterocycles. The average molecular weight is 400 g/mol. The summed E-state index contributed by atoms with van der Waals surface area (Å²) in [5, 5.41) is 4.63. The lowest BCUT2D eigenvalue weighted by molar-refractivity contribution is 0.00311. The van der Waals surface area contributed by atoms with E-state index < -0.39 is 5.60 Å². The smallest absolute Gasteiger partial charge is 0.410 e. The lowest BCUT2D eigenvalue weighted by Gasteiger charge is -2.37. The molecule has 2 saturated heterocycles. The lowest BCUT2D eigenvalue weighted by atomic mass is 9.90. The Morgan fingerprint density at radius 1 is 1.31 bits per heavy atom. The number of carbonyl (C=O) groups excluding carboxylic acids is 2. The first-order valence-electron chi connectivity index (χ1n) is 10.4. The van der Waals surface area contributed by atoms with Crippen LogP contribution in [0.25, 0.3) is 11.1 Å². The van der Waals surface area contributed by atoms with Crippen LogP contribution in [0.5, 0.6) is 0 Å². The summed E-state index contributed by atoms with van der Waals surface area (Å²) in [6.07, 6.45) is 3.07. The molecular weight excluding hydrogens is 372 g/mol. The van der Waals surface area contributed by atoms with Gasteiger partial charge in [-0.2, -0.15) is 0 Å². The zero-order chi connectivity index (χ0) is 20.8. The second kappa shape index (κ2) is 7.31. The van der Waals surface area contributed by atoms with E-state index in [1.165, 1.54) is 0 Å². The highest BCUT2D eigenvalue weighted by Crippen LogP contribution is 2.35. The Labute approximate surface area is 170 Å². The molecule has 2 aliphatic rings. The van der Waals surface area contributed by atoms with E-state index in [0.717, 1.165) is 18.5 Å². The minimum Gasteiger partial charge on any atom is -0.441 e. The number of hydrogen-bond acceptors (Lipinski definition) is 6. The Bertz CT molecular complexity index is 946. The number of pyridine rings is 1. The minimum absolute atomic E-state index is 0.0535. The van der Waals surface area contributed by atoms with Gasteiger partial charge in [0.05, 0.1) is 23.2 Å². The molecule has 0 radical (unpaired) electrons. The van der Waals surface area contributed by atoms with Crippen molar-refractivity contribution in [1.82, 2.24) is 19.9 Å². The van der Waals surface area contributed by atoms with Gasteiger partial charge >= 0.3 is 6.09 Å². The first-order chi connectivity index (χ1) is 13.8. The number of aryl methyl sites for hydroxylation is 2. The van der Waals surface area contributed by atoms with E-state index in [-0.39, 0.29) is 18.0 Å². The maximum Gasteiger partial charge on any atom is 0.410 e. The Balaban J connectivity index is 1.49. The molecule has 4 rings (SSSR count). The van der Waals surface area contributed by atoms with Crippen LogP contribution in [-0.4, -0.2) is 63.2 Å². The van der Waals surface area contributed by atoms with Crippen LogP contribution < -0.4 is 0 Å². The van der Waals surface area contributed by atoms with Gasteiger partial charge in [-0.05, 0) is 33.3 Å². The normalized spacial score (nSPS) is 19.8. The topological polar surface area (TPSA) is 88.8 Å². The molecule has 2 amide bonds. The molecular formula is C21H28N4O4. The molecule has 0 aromatic carbocycles. The second-order valence-electron chi connectivity index (χ2n) is 8.37. The van der Waals surface area contributed by atoms with Gasteiger partial charge in [-0.1, -0.05) is 18.5 Å². The number of likely N-dealkylation sites (tertiary alicyclic amines) is 1. The molecule has 1 unspecified atom stereocenters. The number of fused-ring (bicyclic) bond motifs is 1. The maximum absolute atomic E-state index is 13.3. The van der Waals surface area contributed by atoms with E-state index in [0.29, 0.717) is 54.8 Å². The number of hydrogen-bond donors (Lipinski definition) is 0. The maximum atomic E-state index is 13.3. The standard InChI is InChI=1S/C21H28N4O4/c1-5-6-14(3)25-12-21(28-20(25)27)7-9-24(10-8-21)19(26)16-11-13(2)22-18-17(16)15(4)23-29-18/h11,14H,5-10,12H2,1-4H3. The number of aromatic nitrogens is 2. The average Bonchev–Trinajstić information content (AvgIpc) is 3.21. The molecule has 2 aromatic heterocycles. The van der Waals surface area contributed by atoms with Crippen LogP contribution >= 0.6 is 0 Å². The molecule has 156 valence electrons. The van der Waals surface area contributed by atoms with Crippen LogP contribution in [0, 0.1) is 13.8 Å². The van der Waals surface area contributed by atoms with E-state index in [1.807, 2.05) is 23.6 Å². The van der Waals surface area contributed by atoms with Crippen LogP contribution in [-0.2, 0) is 4.74 Å². The Morgan fingerprint density at radius 3 is 2.72 bits per heavy atom. The van der Waals surface area contributed by atoms with E-state index >= 15 is 0 Å². The van der Waals surface area contributed by atoms with Gasteiger partial charge in [0, 0.05) is 37.7 Å². The van der Waals surface area contributed by atoms with E-state index in [2.05, 4.69) is 24.0 Å². The van der Waals surface area contributed by atoms with Gasteiger partial charge < -0.3 is 19.1 Å². The Kier molecular flexibility index (Phi) is 4.96. The summed E-state index contributed by atoms with van der Waals surface area (Å²) < 4.78 is 11.1. The number of amides is 2. The summed E-state index contributed by atoms with van der Waals surface area (Å²) in [7, 11) is 0. The van der Waals surface area contributed by atoms with Gasteiger partial charge in [-0.25, -0.2) is 9.78 Å². The highest BCUT2D eigenvalue weighted by atomic mass is 16.6. The zero-order valence-corrected chi connectivity index (χ0v) is 17.5. The van der Waals surface area contributed by atoms with Crippen LogP contribution in [0.1, 0.15) is 61.3 Å². The van der Waals surface area contributed by atoms with E-state index in [1.54, 1.807) is 6.07 Å². The highest BCUT2D eigenvalue weighted by Gasteiger charge is 2.48. The fourth-order valence-electron chi connectivity index (χ4n) is 4.49. The van der Waals surface area contributed by atoms with Gasteiger partial charge in [0.1, 0.15) is 5.60 Å². The molecule has 1 spiro atoms. The van der Waals surface area contributed by atoms with Crippen LogP contribution in [0.4, 0.5) is 4.79 Å². The largest absolute Gasteiger partial charge is 0.441 e. The van der Waals surface area contributed by atoms with Crippen molar-refractivity contribution >= 4 is 23.1 Å². The van der Waals surface area contributed by atoms with Crippen molar-refractivity contribution in [2.75, 3.05) is 19.6 Å². The summed E-state index contributed by atoms with van der Waals surface area (Å²) >= 11 is 0. The molecule has 2 aromatic rings. The summed E-state index contributed by atoms with van der Waals surface area (Å²) in [4.78, 5) is 33.6. The SMILES string of the molecule is CCCC(C)N1CC2(CCN(C(=O)c3cc(C)nc4onc(C)c34)CC2)OC1=O. The molecule has 2 fully saturated rings. The van der Waals surface area contributed by atoms with Crippen molar-refractivity contribution in [3.05, 3.63) is 23.0 Å². The van der Waals surface area contributed by atoms with E-state index in [9.17, 15) is 9.59 Å².